The minimum absolute atomic E-state index is 0.0215. The van der Waals surface area contributed by atoms with Crippen molar-refractivity contribution >= 4 is 28.4 Å². The second-order valence-corrected chi connectivity index (χ2v) is 26.8. The lowest BCUT2D eigenvalue weighted by Crippen LogP contribution is -2.52. The number of ketones is 1. The third-order valence-corrected chi connectivity index (χ3v) is 19.5. The molecule has 0 aromatic heterocycles. The number of carbonyl (C=O) groups excluding carboxylic acids is 2. The van der Waals surface area contributed by atoms with Crippen molar-refractivity contribution in [2.75, 3.05) is 14.2 Å². The van der Waals surface area contributed by atoms with E-state index in [1.54, 1.807) is 34.8 Å². The van der Waals surface area contributed by atoms with Crippen molar-refractivity contribution in [2.24, 2.45) is 5.41 Å². The van der Waals surface area contributed by atoms with Gasteiger partial charge in [0.1, 0.15) is 17.3 Å². The Bertz CT molecular complexity index is 1210. The van der Waals surface area contributed by atoms with Gasteiger partial charge in [0.05, 0.1) is 45.2 Å². The summed E-state index contributed by atoms with van der Waals surface area (Å²) >= 11 is 0. The first-order valence-corrected chi connectivity index (χ1v) is 23.1. The minimum atomic E-state index is -2.25. The first kappa shape index (κ1) is 42.6. The van der Waals surface area contributed by atoms with Crippen molar-refractivity contribution in [3.05, 3.63) is 29.8 Å². The van der Waals surface area contributed by atoms with Gasteiger partial charge in [-0.3, -0.25) is 9.59 Å². The fourth-order valence-electron chi connectivity index (χ4n) is 5.24. The molecule has 1 fully saturated rings. The Morgan fingerprint density at radius 2 is 1.38 bits per heavy atom. The lowest BCUT2D eigenvalue weighted by atomic mass is 9.82. The van der Waals surface area contributed by atoms with E-state index >= 15 is 0 Å². The molecule has 0 unspecified atom stereocenters. The van der Waals surface area contributed by atoms with E-state index in [-0.39, 0.29) is 28.1 Å². The summed E-state index contributed by atoms with van der Waals surface area (Å²) in [5.74, 6) is -1.27. The van der Waals surface area contributed by atoms with Crippen molar-refractivity contribution in [1.29, 1.82) is 0 Å². The number of ether oxygens (including phenoxy) is 5. The zero-order chi connectivity index (χ0) is 37.1. The van der Waals surface area contributed by atoms with Crippen LogP contribution in [0.2, 0.25) is 36.3 Å². The molecule has 0 N–H and O–H groups in total. The van der Waals surface area contributed by atoms with Gasteiger partial charge in [0, 0.05) is 12.8 Å². The topological polar surface area (TPSA) is 98.8 Å². The van der Waals surface area contributed by atoms with Gasteiger partial charge in [0.15, 0.2) is 28.2 Å². The summed E-state index contributed by atoms with van der Waals surface area (Å²) in [5, 5.41) is -0.00150. The lowest BCUT2D eigenvalue weighted by molar-refractivity contribution is -0.167. The zero-order valence-corrected chi connectivity index (χ0v) is 35.0. The van der Waals surface area contributed by atoms with Crippen LogP contribution in [0.1, 0.15) is 94.6 Å². The highest BCUT2D eigenvalue weighted by molar-refractivity contribution is 6.74. The second-order valence-electron chi connectivity index (χ2n) is 17.3. The Morgan fingerprint density at radius 3 is 1.85 bits per heavy atom. The van der Waals surface area contributed by atoms with Gasteiger partial charge >= 0.3 is 5.97 Å². The molecule has 1 aromatic carbocycles. The van der Waals surface area contributed by atoms with Crippen molar-refractivity contribution in [3.63, 3.8) is 0 Å². The summed E-state index contributed by atoms with van der Waals surface area (Å²) < 4.78 is 43.7. The molecule has 9 nitrogen and oxygen atoms in total. The molecule has 1 saturated heterocycles. The molecule has 1 aliphatic rings. The lowest BCUT2D eigenvalue weighted by Gasteiger charge is -2.45. The molecule has 5 atom stereocenters. The van der Waals surface area contributed by atoms with Gasteiger partial charge in [-0.1, -0.05) is 53.7 Å². The maximum Gasteiger partial charge on any atom is 0.318 e. The number of Topliss-reactive ketones (excluding diaryl/α,β-unsaturated/α-hetero) is 1. The molecular formula is C37H66O9Si2. The summed E-state index contributed by atoms with van der Waals surface area (Å²) in [6.07, 6.45) is -1.68. The Labute approximate surface area is 293 Å². The molecule has 1 heterocycles. The summed E-state index contributed by atoms with van der Waals surface area (Å²) in [7, 11) is -1.48. The van der Waals surface area contributed by atoms with Crippen molar-refractivity contribution in [3.8, 4) is 5.75 Å². The molecule has 276 valence electrons. The molecule has 11 heteroatoms. The smallest absolute Gasteiger partial charge is 0.318 e. The van der Waals surface area contributed by atoms with E-state index in [2.05, 4.69) is 74.7 Å². The summed E-state index contributed by atoms with van der Waals surface area (Å²) in [6.45, 7) is 31.6. The highest BCUT2D eigenvalue weighted by Gasteiger charge is 2.52. The molecule has 0 amide bonds. The van der Waals surface area contributed by atoms with Crippen molar-refractivity contribution in [1.82, 2.24) is 0 Å². The van der Waals surface area contributed by atoms with Crippen LogP contribution in [0.15, 0.2) is 24.3 Å². The van der Waals surface area contributed by atoms with Gasteiger partial charge in [-0.05, 0) is 88.6 Å². The van der Waals surface area contributed by atoms with Gasteiger partial charge in [0.25, 0.3) is 0 Å². The summed E-state index contributed by atoms with van der Waals surface area (Å²) in [5.41, 5.74) is -0.433. The zero-order valence-electron chi connectivity index (χ0n) is 33.0. The van der Waals surface area contributed by atoms with E-state index in [4.69, 9.17) is 32.5 Å². The first-order valence-electron chi connectivity index (χ1n) is 17.3. The van der Waals surface area contributed by atoms with E-state index in [0.717, 1.165) is 11.3 Å². The number of carbonyl (C=O) groups is 2. The predicted octanol–water partition coefficient (Wildman–Crippen LogP) is 8.45. The second kappa shape index (κ2) is 15.7. The van der Waals surface area contributed by atoms with Crippen LogP contribution in [-0.4, -0.2) is 78.9 Å². The molecule has 0 bridgehead atoms. The third-order valence-electron chi connectivity index (χ3n) is 10.5. The molecule has 48 heavy (non-hydrogen) atoms. The Hall–Kier alpha value is -1.61. The van der Waals surface area contributed by atoms with E-state index in [1.165, 1.54) is 7.11 Å². The van der Waals surface area contributed by atoms with Crippen LogP contribution in [0, 0.1) is 5.41 Å². The van der Waals surface area contributed by atoms with Crippen LogP contribution in [-0.2, 0) is 44.0 Å². The Balaban J connectivity index is 2.54. The summed E-state index contributed by atoms with van der Waals surface area (Å²) in [4.78, 5) is 26.5. The molecule has 0 spiro atoms. The fraction of sp³-hybridized carbons (Fsp3) is 0.784. The molecule has 1 aromatic rings. The number of rotatable bonds is 16. The molecule has 0 radical (unpaired) electrons. The highest BCUT2D eigenvalue weighted by Crippen LogP contribution is 2.42. The quantitative estimate of drug-likeness (QED) is 0.0951. The minimum Gasteiger partial charge on any atom is -0.497 e. The normalized spacial score (nSPS) is 21.0. The van der Waals surface area contributed by atoms with Gasteiger partial charge in [-0.15, -0.1) is 0 Å². The average molecular weight is 711 g/mol. The number of methoxy groups -OCH3 is 2. The number of benzene rings is 1. The number of hydrogen-bond donors (Lipinski definition) is 0. The van der Waals surface area contributed by atoms with E-state index < -0.39 is 52.1 Å². The molecule has 1 aliphatic heterocycles. The van der Waals surface area contributed by atoms with Gasteiger partial charge in [-0.25, -0.2) is 0 Å². The van der Waals surface area contributed by atoms with E-state index in [9.17, 15) is 9.59 Å². The van der Waals surface area contributed by atoms with E-state index in [0.29, 0.717) is 19.4 Å². The molecule has 0 aliphatic carbocycles. The van der Waals surface area contributed by atoms with Gasteiger partial charge < -0.3 is 32.5 Å². The van der Waals surface area contributed by atoms with Crippen LogP contribution in [0.5, 0.6) is 5.75 Å². The number of esters is 1. The molecule has 0 saturated carbocycles. The first-order chi connectivity index (χ1) is 21.7. The molecular weight excluding hydrogens is 645 g/mol. The third kappa shape index (κ3) is 10.9. The van der Waals surface area contributed by atoms with Gasteiger partial charge in [-0.2, -0.15) is 0 Å². The van der Waals surface area contributed by atoms with Crippen LogP contribution in [0.4, 0.5) is 0 Å². The largest absolute Gasteiger partial charge is 0.497 e. The Kier molecular flexibility index (Phi) is 14.0. The maximum atomic E-state index is 13.9. The van der Waals surface area contributed by atoms with Crippen LogP contribution in [0.25, 0.3) is 0 Å². The van der Waals surface area contributed by atoms with Gasteiger partial charge in [0.2, 0.25) is 0 Å². The summed E-state index contributed by atoms with van der Waals surface area (Å²) in [6, 6.07) is 7.77. The molecule has 2 rings (SSSR count). The number of hydrogen-bond acceptors (Lipinski definition) is 9. The monoisotopic (exact) mass is 710 g/mol. The van der Waals surface area contributed by atoms with Crippen molar-refractivity contribution in [2.45, 2.75) is 168 Å². The van der Waals surface area contributed by atoms with E-state index in [1.807, 2.05) is 24.3 Å². The highest BCUT2D eigenvalue weighted by atomic mass is 28.4. The fourth-order valence-corrected chi connectivity index (χ4v) is 8.07. The van der Waals surface area contributed by atoms with Crippen LogP contribution < -0.4 is 4.74 Å². The Morgan fingerprint density at radius 1 is 0.854 bits per heavy atom. The van der Waals surface area contributed by atoms with Crippen LogP contribution in [0.3, 0.4) is 0 Å². The maximum absolute atomic E-state index is 13.9. The van der Waals surface area contributed by atoms with Crippen molar-refractivity contribution < 1.29 is 42.1 Å². The predicted molar refractivity (Wildman–Crippen MR) is 195 cm³/mol. The average Bonchev–Trinajstić information content (AvgIpc) is 3.26. The SMILES string of the molecule is COC(=O)C(C)(C)C(=O)[C@H]1OC(C)(C)O[C@@H]1C[C@@H](C[C@@H](O[Si](C)(C)C(C)(C)C)[C@@H](C)O[Si](C)(C)C(C)(C)C)OCc1ccc(OC)cc1. The standard InChI is InChI=1S/C37H66O9Si2/c1-25(45-47(14,15)34(2,3)4)29(46-48(16,17)35(5,6)7)22-28(42-24-26-18-20-27(40-12)21-19-26)23-30-31(44-37(10,11)43-30)32(38)36(8,9)33(39)41-13/h18-21,25,28-31H,22-24H2,1-17H3/t25-,28-,29-,30-,31+/m1/s1. The van der Waals surface area contributed by atoms with Crippen LogP contribution >= 0.6 is 0 Å².